The maximum atomic E-state index is 12.4. The number of nitrogens with zero attached hydrogens (tertiary/aromatic N) is 4. The molecule has 0 saturated heterocycles. The van der Waals surface area contributed by atoms with Gasteiger partial charge in [-0.15, -0.1) is 4.68 Å². The molecule has 0 aliphatic heterocycles. The molecule has 0 N–H and O–H groups in total. The number of halogens is 1. The average molecular weight is 435 g/mol. The van der Waals surface area contributed by atoms with Gasteiger partial charge >= 0.3 is 0 Å². The van der Waals surface area contributed by atoms with Gasteiger partial charge in [0, 0.05) is 25.2 Å². The fourth-order valence-corrected chi connectivity index (χ4v) is 2.63. The van der Waals surface area contributed by atoms with E-state index in [9.17, 15) is 4.79 Å². The van der Waals surface area contributed by atoms with Gasteiger partial charge in [-0.05, 0) is 17.7 Å². The molecule has 27 heavy (non-hydrogen) atoms. The lowest BCUT2D eigenvalue weighted by molar-refractivity contribution is -0.692. The maximum absolute atomic E-state index is 12.4. The van der Waals surface area contributed by atoms with Gasteiger partial charge in [-0.2, -0.15) is 0 Å². The monoisotopic (exact) mass is 434 g/mol. The van der Waals surface area contributed by atoms with Crippen molar-refractivity contribution < 1.29 is 26.3 Å². The highest BCUT2D eigenvalue weighted by molar-refractivity contribution is 5.82. The maximum Gasteiger partial charge on any atom is 0.284 e. The number of carbonyl (C=O) groups is 1. The standard InChI is InChI=1S/C21H31N4O.BrH/c1-16(2)20-24(15-19(26)21(3,4)5)12-13-25(20)22-14-17-8-10-18(11-9-17)23(6)7;/h8-14,16H,15H2,1-7H3;1H/q+1;/p-1/b22-14+;. The molecule has 0 aliphatic carbocycles. The summed E-state index contributed by atoms with van der Waals surface area (Å²) in [5, 5.41) is 4.61. The summed E-state index contributed by atoms with van der Waals surface area (Å²) in [7, 11) is 4.05. The molecule has 6 heteroatoms. The van der Waals surface area contributed by atoms with Crippen LogP contribution in [0.25, 0.3) is 0 Å². The van der Waals surface area contributed by atoms with Crippen LogP contribution in [-0.2, 0) is 11.3 Å². The van der Waals surface area contributed by atoms with E-state index >= 15 is 0 Å². The van der Waals surface area contributed by atoms with Crippen LogP contribution in [0.4, 0.5) is 5.69 Å². The highest BCUT2D eigenvalue weighted by Gasteiger charge is 2.28. The number of carbonyl (C=O) groups excluding carboxylic acids is 1. The number of aromatic nitrogens is 2. The normalized spacial score (nSPS) is 11.7. The van der Waals surface area contributed by atoms with Crippen LogP contribution >= 0.6 is 0 Å². The first-order valence-corrected chi connectivity index (χ1v) is 9.05. The number of imidazole rings is 1. The quantitative estimate of drug-likeness (QED) is 0.489. The summed E-state index contributed by atoms with van der Waals surface area (Å²) < 4.78 is 3.87. The Morgan fingerprint density at radius 1 is 1.22 bits per heavy atom. The smallest absolute Gasteiger partial charge is 0.284 e. The molecular weight excluding hydrogens is 404 g/mol. The number of rotatable bonds is 6. The molecule has 148 valence electrons. The highest BCUT2D eigenvalue weighted by Crippen LogP contribution is 2.16. The van der Waals surface area contributed by atoms with Crippen LogP contribution in [0.1, 0.15) is 51.9 Å². The van der Waals surface area contributed by atoms with Crippen molar-refractivity contribution in [2.45, 2.75) is 47.1 Å². The van der Waals surface area contributed by atoms with Crippen molar-refractivity contribution in [3.63, 3.8) is 0 Å². The Morgan fingerprint density at radius 3 is 2.30 bits per heavy atom. The van der Waals surface area contributed by atoms with E-state index in [1.807, 2.05) is 62.7 Å². The van der Waals surface area contributed by atoms with Crippen LogP contribution in [0.15, 0.2) is 41.8 Å². The van der Waals surface area contributed by atoms with E-state index in [-0.39, 0.29) is 34.1 Å². The molecule has 1 heterocycles. The zero-order chi connectivity index (χ0) is 19.5. The minimum atomic E-state index is -0.346. The van der Waals surface area contributed by atoms with Crippen LogP contribution in [0.3, 0.4) is 0 Å². The van der Waals surface area contributed by atoms with Crippen LogP contribution in [0, 0.1) is 5.41 Å². The topological polar surface area (TPSA) is 41.5 Å². The van der Waals surface area contributed by atoms with Crippen molar-refractivity contribution in [2.75, 3.05) is 19.0 Å². The summed E-state index contributed by atoms with van der Waals surface area (Å²) in [6, 6.07) is 8.24. The van der Waals surface area contributed by atoms with Gasteiger partial charge < -0.3 is 21.9 Å². The van der Waals surface area contributed by atoms with Crippen LogP contribution in [-0.4, -0.2) is 30.8 Å². The lowest BCUT2D eigenvalue weighted by Crippen LogP contribution is -3.00. The predicted octanol–water partition coefficient (Wildman–Crippen LogP) is 0.466. The average Bonchev–Trinajstić information content (AvgIpc) is 2.95. The Labute approximate surface area is 173 Å². The molecule has 0 atom stereocenters. The molecule has 1 aromatic heterocycles. The molecule has 0 saturated carbocycles. The van der Waals surface area contributed by atoms with Crippen molar-refractivity contribution in [3.05, 3.63) is 48.0 Å². The molecule has 1 aromatic carbocycles. The molecular formula is C21H31BrN4O. The Balaban J connectivity index is 0.00000364. The Bertz CT molecular complexity index is 784. The Morgan fingerprint density at radius 2 is 1.81 bits per heavy atom. The summed E-state index contributed by atoms with van der Waals surface area (Å²) in [5.41, 5.74) is 1.85. The molecule has 0 bridgehead atoms. The Hall–Kier alpha value is -1.95. The summed E-state index contributed by atoms with van der Waals surface area (Å²) >= 11 is 0. The van der Waals surface area contributed by atoms with Gasteiger partial charge in [0.25, 0.3) is 5.82 Å². The van der Waals surface area contributed by atoms with Crippen molar-refractivity contribution >= 4 is 17.7 Å². The number of hydrogen-bond acceptors (Lipinski definition) is 3. The number of Topliss-reactive ketones (excluding diaryl/α,β-unsaturated/α-hetero) is 1. The summed E-state index contributed by atoms with van der Waals surface area (Å²) in [4.78, 5) is 14.5. The molecule has 0 fully saturated rings. The van der Waals surface area contributed by atoms with Crippen molar-refractivity contribution in [1.82, 2.24) is 4.68 Å². The van der Waals surface area contributed by atoms with Crippen molar-refractivity contribution in [3.8, 4) is 0 Å². The van der Waals surface area contributed by atoms with Gasteiger partial charge in [-0.1, -0.05) is 51.9 Å². The molecule has 5 nitrogen and oxygen atoms in total. The largest absolute Gasteiger partial charge is 1.00 e. The third-order valence-corrected chi connectivity index (χ3v) is 4.32. The molecule has 0 unspecified atom stereocenters. The fraction of sp³-hybridized carbons (Fsp3) is 0.476. The second-order valence-electron chi connectivity index (χ2n) is 8.19. The summed E-state index contributed by atoms with van der Waals surface area (Å²) in [5.74, 6) is 1.49. The van der Waals surface area contributed by atoms with E-state index in [1.165, 1.54) is 0 Å². The molecule has 0 radical (unpaired) electrons. The lowest BCUT2D eigenvalue weighted by atomic mass is 9.91. The summed E-state index contributed by atoms with van der Waals surface area (Å²) in [6.45, 7) is 10.5. The van der Waals surface area contributed by atoms with Crippen LogP contribution in [0.5, 0.6) is 0 Å². The molecule has 2 rings (SSSR count). The SMILES string of the molecule is CC(C)c1n(/N=C/c2ccc(N(C)C)cc2)cc[n+]1CC(=O)C(C)(C)C.[Br-]. The number of hydrogen-bond donors (Lipinski definition) is 0. The minimum Gasteiger partial charge on any atom is -1.00 e. The minimum absolute atomic E-state index is 0. The first-order chi connectivity index (χ1) is 12.1. The van der Waals surface area contributed by atoms with Crippen molar-refractivity contribution in [1.29, 1.82) is 0 Å². The first kappa shape index (κ1) is 23.1. The van der Waals surface area contributed by atoms with Gasteiger partial charge in [0.1, 0.15) is 12.7 Å². The zero-order valence-corrected chi connectivity index (χ0v) is 19.0. The zero-order valence-electron chi connectivity index (χ0n) is 17.4. The van der Waals surface area contributed by atoms with Gasteiger partial charge in [0.15, 0.2) is 12.0 Å². The van der Waals surface area contributed by atoms with Gasteiger partial charge in [0.05, 0.1) is 12.1 Å². The number of benzene rings is 1. The van der Waals surface area contributed by atoms with E-state index in [1.54, 1.807) is 0 Å². The highest BCUT2D eigenvalue weighted by atomic mass is 79.9. The van der Waals surface area contributed by atoms with E-state index in [2.05, 4.69) is 48.1 Å². The van der Waals surface area contributed by atoms with Crippen LogP contribution in [0.2, 0.25) is 0 Å². The Kier molecular flexibility index (Phi) is 7.96. The molecule has 0 aliphatic rings. The first-order valence-electron chi connectivity index (χ1n) is 9.05. The molecule has 2 aromatic rings. The van der Waals surface area contributed by atoms with E-state index in [0.29, 0.717) is 6.54 Å². The third-order valence-electron chi connectivity index (χ3n) is 4.32. The number of anilines is 1. The lowest BCUT2D eigenvalue weighted by Gasteiger charge is -2.15. The van der Waals surface area contributed by atoms with E-state index < -0.39 is 0 Å². The second kappa shape index (κ2) is 9.31. The van der Waals surface area contributed by atoms with Gasteiger partial charge in [-0.25, -0.2) is 4.57 Å². The van der Waals surface area contributed by atoms with Crippen LogP contribution < -0.4 is 26.4 Å². The molecule has 0 spiro atoms. The van der Waals surface area contributed by atoms with E-state index in [0.717, 1.165) is 17.1 Å². The van der Waals surface area contributed by atoms with Gasteiger partial charge in [0.2, 0.25) is 0 Å². The fourth-order valence-electron chi connectivity index (χ4n) is 2.63. The molecule has 0 amide bonds. The predicted molar refractivity (Wildman–Crippen MR) is 107 cm³/mol. The number of ketones is 1. The van der Waals surface area contributed by atoms with Crippen molar-refractivity contribution in [2.24, 2.45) is 10.5 Å². The third kappa shape index (κ3) is 6.03. The summed E-state index contributed by atoms with van der Waals surface area (Å²) in [6.07, 6.45) is 5.70. The van der Waals surface area contributed by atoms with E-state index in [4.69, 9.17) is 0 Å². The second-order valence-corrected chi connectivity index (χ2v) is 8.19. The van der Waals surface area contributed by atoms with Gasteiger partial charge in [-0.3, -0.25) is 4.79 Å².